The Labute approximate surface area is 123 Å². The van der Waals surface area contributed by atoms with Crippen molar-refractivity contribution < 1.29 is 13.2 Å². The van der Waals surface area contributed by atoms with Gasteiger partial charge in [-0.1, -0.05) is 13.8 Å². The fraction of sp³-hybridized carbons (Fsp3) is 0.583. The highest BCUT2D eigenvalue weighted by Gasteiger charge is 2.27. The molecule has 4 N–H and O–H groups in total. The van der Waals surface area contributed by atoms with Gasteiger partial charge in [0.15, 0.2) is 9.84 Å². The van der Waals surface area contributed by atoms with E-state index >= 15 is 0 Å². The van der Waals surface area contributed by atoms with Gasteiger partial charge in [0.2, 0.25) is 0 Å². The number of hydrogen-bond acceptors (Lipinski definition) is 6. The van der Waals surface area contributed by atoms with E-state index in [0.717, 1.165) is 30.4 Å². The molecule has 1 rings (SSSR count). The molecule has 114 valence electrons. The summed E-state index contributed by atoms with van der Waals surface area (Å²) in [6.07, 6.45) is 2.80. The molecular formula is C12H21N3O3S2. The van der Waals surface area contributed by atoms with Crippen LogP contribution in [0.15, 0.2) is 4.90 Å². The number of sulfone groups is 1. The fourth-order valence-corrected chi connectivity index (χ4v) is 4.43. The fourth-order valence-electron chi connectivity index (χ4n) is 1.85. The van der Waals surface area contributed by atoms with Crippen LogP contribution in [0.1, 0.15) is 36.4 Å². The van der Waals surface area contributed by atoms with Gasteiger partial charge >= 0.3 is 0 Å². The first kappa shape index (κ1) is 16.8. The first-order valence-electron chi connectivity index (χ1n) is 6.37. The molecule has 20 heavy (non-hydrogen) atoms. The van der Waals surface area contributed by atoms with Crippen molar-refractivity contribution in [3.8, 4) is 0 Å². The van der Waals surface area contributed by atoms with Crippen molar-refractivity contribution in [1.82, 2.24) is 5.32 Å². The van der Waals surface area contributed by atoms with Gasteiger partial charge in [-0.3, -0.25) is 4.79 Å². The number of nitrogens with one attached hydrogen (secondary N) is 2. The Morgan fingerprint density at radius 2 is 1.90 bits per heavy atom. The second-order valence-electron chi connectivity index (χ2n) is 4.51. The number of nitrogen functional groups attached to an aromatic ring is 1. The lowest BCUT2D eigenvalue weighted by Gasteiger charge is -2.15. The van der Waals surface area contributed by atoms with E-state index < -0.39 is 9.84 Å². The van der Waals surface area contributed by atoms with Gasteiger partial charge in [0.25, 0.3) is 5.91 Å². The molecule has 6 nitrogen and oxygen atoms in total. The van der Waals surface area contributed by atoms with Crippen LogP contribution in [0, 0.1) is 0 Å². The van der Waals surface area contributed by atoms with Crippen molar-refractivity contribution in [3.63, 3.8) is 0 Å². The number of anilines is 2. The van der Waals surface area contributed by atoms with Crippen molar-refractivity contribution in [3.05, 3.63) is 4.88 Å². The lowest BCUT2D eigenvalue weighted by Crippen LogP contribution is -2.18. The third-order valence-electron chi connectivity index (χ3n) is 3.02. The molecule has 0 aromatic carbocycles. The summed E-state index contributed by atoms with van der Waals surface area (Å²) in [6, 6.07) is 0.145. The van der Waals surface area contributed by atoms with Gasteiger partial charge in [0.1, 0.15) is 14.8 Å². The van der Waals surface area contributed by atoms with Crippen molar-refractivity contribution in [1.29, 1.82) is 0 Å². The Balaban J connectivity index is 3.39. The molecule has 0 atom stereocenters. The Morgan fingerprint density at radius 3 is 2.30 bits per heavy atom. The van der Waals surface area contributed by atoms with Crippen LogP contribution >= 0.6 is 11.3 Å². The number of rotatable bonds is 6. The number of nitrogens with two attached hydrogens (primary N) is 1. The monoisotopic (exact) mass is 319 g/mol. The van der Waals surface area contributed by atoms with E-state index in [9.17, 15) is 13.2 Å². The van der Waals surface area contributed by atoms with E-state index in [1.165, 1.54) is 7.05 Å². The lowest BCUT2D eigenvalue weighted by atomic mass is 10.2. The number of hydrogen-bond donors (Lipinski definition) is 3. The molecule has 0 radical (unpaired) electrons. The lowest BCUT2D eigenvalue weighted by molar-refractivity contribution is 0.0968. The second-order valence-corrected chi connectivity index (χ2v) is 7.49. The van der Waals surface area contributed by atoms with E-state index in [0.29, 0.717) is 5.00 Å². The Hall–Kier alpha value is -1.28. The predicted molar refractivity (Wildman–Crippen MR) is 83.2 cm³/mol. The van der Waals surface area contributed by atoms with Gasteiger partial charge in [-0.25, -0.2) is 8.42 Å². The molecule has 0 aliphatic heterocycles. The highest BCUT2D eigenvalue weighted by Crippen LogP contribution is 2.39. The molecule has 0 spiro atoms. The highest BCUT2D eigenvalue weighted by atomic mass is 32.2. The number of amides is 1. The molecule has 8 heteroatoms. The molecule has 1 aromatic rings. The maximum Gasteiger partial charge on any atom is 0.263 e. The summed E-state index contributed by atoms with van der Waals surface area (Å²) < 4.78 is 23.8. The summed E-state index contributed by atoms with van der Waals surface area (Å²) in [5.41, 5.74) is 5.87. The summed E-state index contributed by atoms with van der Waals surface area (Å²) in [7, 11) is -2.02. The van der Waals surface area contributed by atoms with E-state index in [1.807, 2.05) is 13.8 Å². The van der Waals surface area contributed by atoms with Crippen molar-refractivity contribution >= 4 is 37.8 Å². The standard InChI is InChI=1S/C12H21N3O3S2/c1-5-7(6-2)15-12-10(20(4,17)18)8(13)9(19-12)11(16)14-3/h7,15H,5-6,13H2,1-4H3,(H,14,16). The maximum absolute atomic E-state index is 11.9. The third kappa shape index (κ3) is 3.43. The van der Waals surface area contributed by atoms with Crippen molar-refractivity contribution in [2.45, 2.75) is 37.6 Å². The van der Waals surface area contributed by atoms with E-state index in [-0.39, 0.29) is 27.4 Å². The van der Waals surface area contributed by atoms with Crippen LogP contribution in [0.4, 0.5) is 10.7 Å². The molecule has 0 fully saturated rings. The Bertz CT molecular complexity index is 589. The van der Waals surface area contributed by atoms with Crippen LogP contribution < -0.4 is 16.4 Å². The van der Waals surface area contributed by atoms with Gasteiger partial charge in [-0.2, -0.15) is 0 Å². The molecule has 0 aliphatic rings. The van der Waals surface area contributed by atoms with Crippen molar-refractivity contribution in [2.75, 3.05) is 24.4 Å². The third-order valence-corrected chi connectivity index (χ3v) is 5.45. The molecule has 1 aromatic heterocycles. The van der Waals surface area contributed by atoms with Crippen LogP contribution in [0.3, 0.4) is 0 Å². The Kier molecular flexibility index (Phi) is 5.41. The summed E-state index contributed by atoms with van der Waals surface area (Å²) in [6.45, 7) is 4.02. The molecule has 0 saturated carbocycles. The molecule has 0 saturated heterocycles. The average molecular weight is 319 g/mol. The maximum atomic E-state index is 11.9. The van der Waals surface area contributed by atoms with E-state index in [2.05, 4.69) is 10.6 Å². The van der Waals surface area contributed by atoms with Gasteiger partial charge < -0.3 is 16.4 Å². The summed E-state index contributed by atoms with van der Waals surface area (Å²) >= 11 is 1.08. The molecule has 1 heterocycles. The van der Waals surface area contributed by atoms with Crippen molar-refractivity contribution in [2.24, 2.45) is 0 Å². The van der Waals surface area contributed by atoms with Gasteiger partial charge in [0.05, 0.1) is 5.69 Å². The summed E-state index contributed by atoms with van der Waals surface area (Å²) in [5.74, 6) is -0.380. The van der Waals surface area contributed by atoms with Gasteiger partial charge in [-0.15, -0.1) is 11.3 Å². The Morgan fingerprint density at radius 1 is 1.35 bits per heavy atom. The zero-order chi connectivity index (χ0) is 15.5. The molecule has 1 amide bonds. The largest absolute Gasteiger partial charge is 0.396 e. The highest BCUT2D eigenvalue weighted by molar-refractivity contribution is 7.91. The zero-order valence-electron chi connectivity index (χ0n) is 12.1. The topological polar surface area (TPSA) is 101 Å². The minimum Gasteiger partial charge on any atom is -0.396 e. The minimum atomic E-state index is -3.50. The van der Waals surface area contributed by atoms with E-state index in [4.69, 9.17) is 5.73 Å². The van der Waals surface area contributed by atoms with Crippen LogP contribution in [-0.2, 0) is 9.84 Å². The van der Waals surface area contributed by atoms with Crippen LogP contribution in [0.25, 0.3) is 0 Å². The predicted octanol–water partition coefficient (Wildman–Crippen LogP) is 1.69. The number of carbonyl (C=O) groups excluding carboxylic acids is 1. The average Bonchev–Trinajstić information content (AvgIpc) is 2.71. The number of thiophene rings is 1. The van der Waals surface area contributed by atoms with Crippen LogP contribution in [0.5, 0.6) is 0 Å². The second kappa shape index (κ2) is 6.45. The quantitative estimate of drug-likeness (QED) is 0.740. The smallest absolute Gasteiger partial charge is 0.263 e. The number of carbonyl (C=O) groups is 1. The van der Waals surface area contributed by atoms with E-state index in [1.54, 1.807) is 0 Å². The normalized spacial score (nSPS) is 11.7. The molecular weight excluding hydrogens is 298 g/mol. The van der Waals surface area contributed by atoms with Crippen LogP contribution in [0.2, 0.25) is 0 Å². The van der Waals surface area contributed by atoms with Gasteiger partial charge in [0, 0.05) is 19.3 Å². The minimum absolute atomic E-state index is 0.0188. The first-order valence-corrected chi connectivity index (χ1v) is 9.07. The first-order chi connectivity index (χ1) is 9.26. The van der Waals surface area contributed by atoms with Crippen LogP contribution in [-0.4, -0.2) is 33.7 Å². The SMILES string of the molecule is CCC(CC)Nc1sc(C(=O)NC)c(N)c1S(C)(=O)=O. The molecule has 0 unspecified atom stereocenters. The summed E-state index contributed by atoms with van der Waals surface area (Å²) in [4.78, 5) is 12.0. The molecule has 0 aliphatic carbocycles. The zero-order valence-corrected chi connectivity index (χ0v) is 13.7. The molecule has 0 bridgehead atoms. The summed E-state index contributed by atoms with van der Waals surface area (Å²) in [5, 5.41) is 6.08. The van der Waals surface area contributed by atoms with Gasteiger partial charge in [-0.05, 0) is 12.8 Å².